The van der Waals surface area contributed by atoms with Crippen LogP contribution in [0.2, 0.25) is 0 Å². The molecule has 0 aliphatic heterocycles. The number of carbonyl (C=O) groups excluding carboxylic acids is 1. The van der Waals surface area contributed by atoms with Gasteiger partial charge in [-0.15, -0.1) is 0 Å². The fraction of sp³-hybridized carbons (Fsp3) is 0.231. The van der Waals surface area contributed by atoms with Crippen molar-refractivity contribution in [2.24, 2.45) is 0 Å². The van der Waals surface area contributed by atoms with E-state index in [4.69, 9.17) is 4.74 Å². The van der Waals surface area contributed by atoms with E-state index in [-0.39, 0.29) is 23.7 Å². The van der Waals surface area contributed by atoms with E-state index in [0.29, 0.717) is 5.65 Å². The molecule has 3 rings (SSSR count). The average Bonchev–Trinajstić information content (AvgIpc) is 3.13. The number of alkyl halides is 3. The minimum absolute atomic E-state index is 0.0908. The number of hydrogen-bond donors (Lipinski definition) is 0. The maximum atomic E-state index is 12.5. The highest BCUT2D eigenvalue weighted by atomic mass is 19.4. The molecule has 0 aliphatic carbocycles. The predicted octanol–water partition coefficient (Wildman–Crippen LogP) is 2.58. The molecule has 0 bridgehead atoms. The summed E-state index contributed by atoms with van der Waals surface area (Å²) in [6.45, 7) is 1.88. The van der Waals surface area contributed by atoms with Crippen LogP contribution in [-0.2, 0) is 10.9 Å². The molecule has 3 aromatic heterocycles. The molecule has 0 aromatic carbocycles. The lowest BCUT2D eigenvalue weighted by molar-refractivity contribution is -0.159. The van der Waals surface area contributed by atoms with Crippen LogP contribution in [0.1, 0.15) is 23.3 Å². The van der Waals surface area contributed by atoms with Crippen LogP contribution in [0.5, 0.6) is 0 Å². The molecule has 0 saturated carbocycles. The summed E-state index contributed by atoms with van der Waals surface area (Å²) >= 11 is 0. The average molecular weight is 326 g/mol. The minimum Gasteiger partial charge on any atom is -0.461 e. The van der Waals surface area contributed by atoms with Crippen molar-refractivity contribution in [3.63, 3.8) is 0 Å². The van der Waals surface area contributed by atoms with Crippen molar-refractivity contribution in [1.29, 1.82) is 0 Å². The van der Waals surface area contributed by atoms with Crippen LogP contribution in [-0.4, -0.2) is 32.1 Å². The summed E-state index contributed by atoms with van der Waals surface area (Å²) in [5, 5.41) is 3.30. The van der Waals surface area contributed by atoms with Crippen molar-refractivity contribution >= 4 is 11.6 Å². The topological polar surface area (TPSA) is 82.5 Å². The Morgan fingerprint density at radius 2 is 2.09 bits per heavy atom. The summed E-state index contributed by atoms with van der Waals surface area (Å²) < 4.78 is 47.9. The number of hydrogen-bond acceptors (Lipinski definition) is 6. The number of esters is 1. The zero-order chi connectivity index (χ0) is 16.6. The van der Waals surface area contributed by atoms with Crippen LogP contribution in [0.15, 0.2) is 29.0 Å². The lowest BCUT2D eigenvalue weighted by Crippen LogP contribution is -2.04. The predicted molar refractivity (Wildman–Crippen MR) is 69.4 cm³/mol. The highest BCUT2D eigenvalue weighted by molar-refractivity contribution is 5.88. The maximum absolute atomic E-state index is 12.5. The first-order valence-electron chi connectivity index (χ1n) is 6.45. The normalized spacial score (nSPS) is 11.8. The van der Waals surface area contributed by atoms with Crippen LogP contribution in [0.3, 0.4) is 0 Å². The molecule has 0 N–H and O–H groups in total. The second-order valence-corrected chi connectivity index (χ2v) is 4.45. The van der Waals surface area contributed by atoms with Crippen molar-refractivity contribution < 1.29 is 27.2 Å². The fourth-order valence-electron chi connectivity index (χ4n) is 1.88. The van der Waals surface area contributed by atoms with Gasteiger partial charge in [0.05, 0.1) is 6.61 Å². The van der Waals surface area contributed by atoms with Gasteiger partial charge >= 0.3 is 18.0 Å². The molecule has 23 heavy (non-hydrogen) atoms. The Kier molecular flexibility index (Phi) is 3.51. The molecule has 3 heterocycles. The van der Waals surface area contributed by atoms with Crippen molar-refractivity contribution in [1.82, 2.24) is 19.5 Å². The quantitative estimate of drug-likeness (QED) is 0.688. The van der Waals surface area contributed by atoms with Crippen LogP contribution < -0.4 is 0 Å². The lowest BCUT2D eigenvalue weighted by Gasteiger charge is -1.97. The van der Waals surface area contributed by atoms with Gasteiger partial charge in [-0.05, 0) is 19.1 Å². The number of imidazole rings is 1. The van der Waals surface area contributed by atoms with Crippen molar-refractivity contribution in [3.8, 4) is 11.4 Å². The number of carbonyl (C=O) groups is 1. The van der Waals surface area contributed by atoms with Gasteiger partial charge in [0.15, 0.2) is 5.69 Å². The molecular formula is C13H9F3N4O3. The first-order chi connectivity index (χ1) is 10.9. The van der Waals surface area contributed by atoms with Gasteiger partial charge in [0.2, 0.25) is 5.82 Å². The summed E-state index contributed by atoms with van der Waals surface area (Å²) in [6, 6.07) is 2.99. The Hall–Kier alpha value is -2.91. The van der Waals surface area contributed by atoms with Gasteiger partial charge in [-0.3, -0.25) is 0 Å². The number of rotatable bonds is 3. The SMILES string of the molecule is CCOC(=O)c1cn2cc(-c3noc(C(F)(F)F)n3)ccc2n1. The molecule has 7 nitrogen and oxygen atoms in total. The van der Waals surface area contributed by atoms with Crippen molar-refractivity contribution in [3.05, 3.63) is 36.1 Å². The van der Waals surface area contributed by atoms with Gasteiger partial charge in [0.25, 0.3) is 0 Å². The molecule has 0 fully saturated rings. The Labute approximate surface area is 126 Å². The first kappa shape index (κ1) is 15.0. The molecule has 120 valence electrons. The molecule has 0 spiro atoms. The lowest BCUT2D eigenvalue weighted by atomic mass is 10.3. The van der Waals surface area contributed by atoms with E-state index in [2.05, 4.69) is 19.6 Å². The second-order valence-electron chi connectivity index (χ2n) is 4.45. The van der Waals surface area contributed by atoms with E-state index in [0.717, 1.165) is 0 Å². The van der Waals surface area contributed by atoms with Gasteiger partial charge < -0.3 is 13.7 Å². The van der Waals surface area contributed by atoms with Gasteiger partial charge in [-0.25, -0.2) is 9.78 Å². The standard InChI is InChI=1S/C13H9F3N4O3/c1-2-22-11(21)8-6-20-5-7(3-4-9(20)17-8)10-18-12(23-19-10)13(14,15)16/h3-6H,2H2,1H3. The minimum atomic E-state index is -4.71. The monoisotopic (exact) mass is 326 g/mol. The summed E-state index contributed by atoms with van der Waals surface area (Å²) in [5.74, 6) is -2.23. The van der Waals surface area contributed by atoms with Gasteiger partial charge in [-0.1, -0.05) is 5.16 Å². The van der Waals surface area contributed by atoms with E-state index < -0.39 is 18.0 Å². The smallest absolute Gasteiger partial charge is 0.461 e. The van der Waals surface area contributed by atoms with Gasteiger partial charge in [0.1, 0.15) is 5.65 Å². The molecule has 0 amide bonds. The summed E-state index contributed by atoms with van der Waals surface area (Å²) in [7, 11) is 0. The van der Waals surface area contributed by atoms with E-state index in [1.54, 1.807) is 6.92 Å². The zero-order valence-electron chi connectivity index (χ0n) is 11.7. The Morgan fingerprint density at radius 1 is 1.30 bits per heavy atom. The second kappa shape index (κ2) is 5.38. The van der Waals surface area contributed by atoms with Crippen LogP contribution in [0, 0.1) is 0 Å². The van der Waals surface area contributed by atoms with Crippen LogP contribution in [0.25, 0.3) is 17.0 Å². The molecule has 0 radical (unpaired) electrons. The van der Waals surface area contributed by atoms with E-state index in [1.807, 2.05) is 0 Å². The third-order valence-corrected chi connectivity index (χ3v) is 2.86. The molecule has 0 unspecified atom stereocenters. The molecule has 0 atom stereocenters. The number of halogens is 3. The van der Waals surface area contributed by atoms with Crippen molar-refractivity contribution in [2.75, 3.05) is 6.61 Å². The Bertz CT molecular complexity index is 869. The number of pyridine rings is 1. The Morgan fingerprint density at radius 3 is 2.74 bits per heavy atom. The van der Waals surface area contributed by atoms with Crippen LogP contribution in [0.4, 0.5) is 13.2 Å². The fourth-order valence-corrected chi connectivity index (χ4v) is 1.88. The van der Waals surface area contributed by atoms with E-state index >= 15 is 0 Å². The molecule has 3 aromatic rings. The van der Waals surface area contributed by atoms with Crippen molar-refractivity contribution in [2.45, 2.75) is 13.1 Å². The maximum Gasteiger partial charge on any atom is 0.471 e. The van der Waals surface area contributed by atoms with Gasteiger partial charge in [-0.2, -0.15) is 18.2 Å². The van der Waals surface area contributed by atoms with Crippen LogP contribution >= 0.6 is 0 Å². The molecule has 10 heteroatoms. The van der Waals surface area contributed by atoms with E-state index in [1.165, 1.54) is 28.9 Å². The highest BCUT2D eigenvalue weighted by Gasteiger charge is 2.38. The zero-order valence-corrected chi connectivity index (χ0v) is 11.7. The first-order valence-corrected chi connectivity index (χ1v) is 6.45. The number of aromatic nitrogens is 4. The number of fused-ring (bicyclic) bond motifs is 1. The number of nitrogens with zero attached hydrogens (tertiary/aromatic N) is 4. The third-order valence-electron chi connectivity index (χ3n) is 2.86. The Balaban J connectivity index is 1.97. The molecular weight excluding hydrogens is 317 g/mol. The molecule has 0 aliphatic rings. The summed E-state index contributed by atoms with van der Waals surface area (Å²) in [6.07, 6.45) is -1.86. The largest absolute Gasteiger partial charge is 0.471 e. The van der Waals surface area contributed by atoms with E-state index in [9.17, 15) is 18.0 Å². The van der Waals surface area contributed by atoms with Gasteiger partial charge in [0, 0.05) is 18.0 Å². The molecule has 0 saturated heterocycles. The summed E-state index contributed by atoms with van der Waals surface area (Å²) in [5.41, 5.74) is 0.800. The summed E-state index contributed by atoms with van der Waals surface area (Å²) in [4.78, 5) is 19.0. The number of ether oxygens (including phenoxy) is 1. The third kappa shape index (κ3) is 2.87. The highest BCUT2D eigenvalue weighted by Crippen LogP contribution is 2.29.